The van der Waals surface area contributed by atoms with E-state index in [4.69, 9.17) is 0 Å². The molecule has 0 aliphatic carbocycles. The first-order chi connectivity index (χ1) is 15.2. The molecular weight excluding hydrogens is 402 g/mol. The molecule has 0 aromatic heterocycles. The van der Waals surface area contributed by atoms with Gasteiger partial charge in [-0.05, 0) is 37.0 Å². The minimum Gasteiger partial charge on any atom is -0.308 e. The summed E-state index contributed by atoms with van der Waals surface area (Å²) < 4.78 is 0. The fourth-order valence-electron chi connectivity index (χ4n) is 4.68. The zero-order valence-corrected chi connectivity index (χ0v) is 19.5. The van der Waals surface area contributed by atoms with Crippen molar-refractivity contribution in [3.8, 4) is 0 Å². The lowest BCUT2D eigenvalue weighted by molar-refractivity contribution is -0.119. The summed E-state index contributed by atoms with van der Waals surface area (Å²) in [5.74, 6) is 1.37. The van der Waals surface area contributed by atoms with Crippen LogP contribution in [0.5, 0.6) is 0 Å². The molecule has 1 fully saturated rings. The van der Waals surface area contributed by atoms with Crippen LogP contribution < -0.4 is 4.90 Å². The number of carbonyl (C=O) groups is 1. The highest BCUT2D eigenvalue weighted by Crippen LogP contribution is 2.37. The second-order valence-corrected chi connectivity index (χ2v) is 9.74. The van der Waals surface area contributed by atoms with Crippen LogP contribution in [0, 0.1) is 0 Å². The SMILES string of the molecule is CCC1CCSc2ccccc2N1C(=O)CCN1CCN(CCc2ccccc2)CC1. The highest BCUT2D eigenvalue weighted by atomic mass is 32.2. The number of nitrogens with zero attached hydrogens (tertiary/aromatic N) is 3. The third kappa shape index (κ3) is 5.91. The van der Waals surface area contributed by atoms with Crippen molar-refractivity contribution < 1.29 is 4.79 Å². The molecule has 0 radical (unpaired) electrons. The van der Waals surface area contributed by atoms with Gasteiger partial charge in [0.05, 0.1) is 5.69 Å². The van der Waals surface area contributed by atoms with Crippen molar-refractivity contribution in [1.82, 2.24) is 9.80 Å². The summed E-state index contributed by atoms with van der Waals surface area (Å²) in [4.78, 5) is 21.7. The average Bonchev–Trinajstić information content (AvgIpc) is 3.02. The Bertz CT molecular complexity index is 836. The number of para-hydroxylation sites is 1. The molecule has 1 atom stereocenters. The lowest BCUT2D eigenvalue weighted by Crippen LogP contribution is -2.48. The molecule has 0 N–H and O–H groups in total. The summed E-state index contributed by atoms with van der Waals surface area (Å²) in [7, 11) is 0. The lowest BCUT2D eigenvalue weighted by Gasteiger charge is -2.35. The lowest BCUT2D eigenvalue weighted by atomic mass is 10.1. The van der Waals surface area contributed by atoms with Crippen LogP contribution in [-0.4, -0.2) is 66.8 Å². The molecule has 5 heteroatoms. The van der Waals surface area contributed by atoms with Crippen molar-refractivity contribution in [2.24, 2.45) is 0 Å². The Morgan fingerprint density at radius 3 is 2.35 bits per heavy atom. The maximum Gasteiger partial charge on any atom is 0.228 e. The molecule has 2 heterocycles. The van der Waals surface area contributed by atoms with Gasteiger partial charge in [0, 0.05) is 62.4 Å². The molecule has 0 saturated carbocycles. The van der Waals surface area contributed by atoms with Crippen LogP contribution in [0.1, 0.15) is 31.7 Å². The largest absolute Gasteiger partial charge is 0.308 e. The van der Waals surface area contributed by atoms with Crippen LogP contribution in [0.25, 0.3) is 0 Å². The molecule has 0 spiro atoms. The molecular formula is C26H35N3OS. The van der Waals surface area contributed by atoms with E-state index in [9.17, 15) is 4.79 Å². The van der Waals surface area contributed by atoms with Gasteiger partial charge >= 0.3 is 0 Å². The average molecular weight is 438 g/mol. The first-order valence-corrected chi connectivity index (χ1v) is 12.8. The molecule has 2 aliphatic heterocycles. The minimum absolute atomic E-state index is 0.285. The van der Waals surface area contributed by atoms with Gasteiger partial charge in [0.25, 0.3) is 0 Å². The van der Waals surface area contributed by atoms with E-state index in [0.717, 1.165) is 70.0 Å². The number of hydrogen-bond donors (Lipinski definition) is 0. The predicted octanol–water partition coefficient (Wildman–Crippen LogP) is 4.54. The van der Waals surface area contributed by atoms with Crippen molar-refractivity contribution in [1.29, 1.82) is 0 Å². The second-order valence-electron chi connectivity index (χ2n) is 8.60. The normalized spacial score (nSPS) is 20.3. The summed E-state index contributed by atoms with van der Waals surface area (Å²) in [6.07, 6.45) is 3.81. The van der Waals surface area contributed by atoms with Crippen LogP contribution in [0.3, 0.4) is 0 Å². The molecule has 2 aromatic carbocycles. The Morgan fingerprint density at radius 1 is 0.935 bits per heavy atom. The van der Waals surface area contributed by atoms with Gasteiger partial charge in [-0.15, -0.1) is 11.8 Å². The summed E-state index contributed by atoms with van der Waals surface area (Å²) in [5, 5.41) is 0. The molecule has 2 aliphatic rings. The third-order valence-electron chi connectivity index (χ3n) is 6.60. The van der Waals surface area contributed by atoms with Crippen molar-refractivity contribution in [3.05, 3.63) is 60.2 Å². The fraction of sp³-hybridized carbons (Fsp3) is 0.500. The molecule has 2 aromatic rings. The van der Waals surface area contributed by atoms with Gasteiger partial charge in [0.1, 0.15) is 0 Å². The molecule has 166 valence electrons. The van der Waals surface area contributed by atoms with Gasteiger partial charge in [0.2, 0.25) is 5.91 Å². The maximum absolute atomic E-state index is 13.3. The van der Waals surface area contributed by atoms with E-state index in [1.807, 2.05) is 11.8 Å². The van der Waals surface area contributed by atoms with E-state index >= 15 is 0 Å². The van der Waals surface area contributed by atoms with Crippen LogP contribution in [0.2, 0.25) is 0 Å². The Kier molecular flexibility index (Phi) is 8.06. The minimum atomic E-state index is 0.285. The van der Waals surface area contributed by atoms with E-state index in [-0.39, 0.29) is 5.91 Å². The Balaban J connectivity index is 1.27. The number of fused-ring (bicyclic) bond motifs is 1. The van der Waals surface area contributed by atoms with Crippen molar-refractivity contribution in [2.75, 3.05) is 49.9 Å². The molecule has 31 heavy (non-hydrogen) atoms. The van der Waals surface area contributed by atoms with Crippen molar-refractivity contribution in [3.63, 3.8) is 0 Å². The van der Waals surface area contributed by atoms with Crippen molar-refractivity contribution in [2.45, 2.75) is 43.5 Å². The molecule has 1 saturated heterocycles. The molecule has 4 nitrogen and oxygen atoms in total. The number of thioether (sulfide) groups is 1. The van der Waals surface area contributed by atoms with Gasteiger partial charge in [-0.1, -0.05) is 49.4 Å². The topological polar surface area (TPSA) is 26.8 Å². The van der Waals surface area contributed by atoms with E-state index in [1.165, 1.54) is 10.5 Å². The maximum atomic E-state index is 13.3. The van der Waals surface area contributed by atoms with Gasteiger partial charge in [0.15, 0.2) is 0 Å². The highest BCUT2D eigenvalue weighted by molar-refractivity contribution is 7.99. The van der Waals surface area contributed by atoms with Crippen molar-refractivity contribution >= 4 is 23.4 Å². The van der Waals surface area contributed by atoms with E-state index in [1.54, 1.807) is 0 Å². The van der Waals surface area contributed by atoms with Gasteiger partial charge in [-0.3, -0.25) is 4.79 Å². The Hall–Kier alpha value is -1.82. The van der Waals surface area contributed by atoms with E-state index in [0.29, 0.717) is 12.5 Å². The van der Waals surface area contributed by atoms with Crippen LogP contribution >= 0.6 is 11.8 Å². The summed E-state index contributed by atoms with van der Waals surface area (Å²) >= 11 is 1.89. The Morgan fingerprint density at radius 2 is 1.61 bits per heavy atom. The first kappa shape index (κ1) is 22.4. The van der Waals surface area contributed by atoms with E-state index < -0.39 is 0 Å². The first-order valence-electron chi connectivity index (χ1n) is 11.8. The monoisotopic (exact) mass is 437 g/mol. The molecule has 1 unspecified atom stereocenters. The van der Waals surface area contributed by atoms with Crippen LogP contribution in [0.4, 0.5) is 5.69 Å². The van der Waals surface area contributed by atoms with Gasteiger partial charge in [-0.25, -0.2) is 0 Å². The summed E-state index contributed by atoms with van der Waals surface area (Å²) in [6.45, 7) is 8.52. The number of carbonyl (C=O) groups excluding carboxylic acids is 1. The molecule has 1 amide bonds. The highest BCUT2D eigenvalue weighted by Gasteiger charge is 2.29. The second kappa shape index (κ2) is 11.2. The number of benzene rings is 2. The number of amides is 1. The zero-order valence-electron chi connectivity index (χ0n) is 18.7. The van der Waals surface area contributed by atoms with E-state index in [2.05, 4.69) is 76.2 Å². The molecule has 0 bridgehead atoms. The van der Waals surface area contributed by atoms with Crippen LogP contribution in [-0.2, 0) is 11.2 Å². The zero-order chi connectivity index (χ0) is 21.5. The third-order valence-corrected chi connectivity index (χ3v) is 7.70. The standard InChI is InChI=1S/C26H35N3OS/c1-2-23-14-21-31-25-11-7-6-10-24(25)29(23)26(30)13-16-28-19-17-27(18-20-28)15-12-22-8-4-3-5-9-22/h3-11,23H,2,12-21H2,1H3. The quantitative estimate of drug-likeness (QED) is 0.635. The number of hydrogen-bond acceptors (Lipinski definition) is 4. The molecule has 4 rings (SSSR count). The number of rotatable bonds is 7. The van der Waals surface area contributed by atoms with Crippen LogP contribution in [0.15, 0.2) is 59.5 Å². The number of anilines is 1. The van der Waals surface area contributed by atoms with Gasteiger partial charge < -0.3 is 14.7 Å². The fourth-order valence-corrected chi connectivity index (χ4v) is 5.78. The smallest absolute Gasteiger partial charge is 0.228 e. The summed E-state index contributed by atoms with van der Waals surface area (Å²) in [6, 6.07) is 19.5. The Labute approximate surface area is 191 Å². The van der Waals surface area contributed by atoms with Gasteiger partial charge in [-0.2, -0.15) is 0 Å². The summed E-state index contributed by atoms with van der Waals surface area (Å²) in [5.41, 5.74) is 2.53. The predicted molar refractivity (Wildman–Crippen MR) is 131 cm³/mol. The number of piperazine rings is 1.